The van der Waals surface area contributed by atoms with E-state index in [2.05, 4.69) is 23.1 Å². The molecule has 0 saturated carbocycles. The van der Waals surface area contributed by atoms with Crippen molar-refractivity contribution >= 4 is 33.4 Å². The third-order valence-electron chi connectivity index (χ3n) is 5.60. The number of benzene rings is 1. The molecule has 3 heterocycles. The average Bonchev–Trinajstić information content (AvgIpc) is 3.12. The Morgan fingerprint density at radius 3 is 2.59 bits per heavy atom. The van der Waals surface area contributed by atoms with Crippen molar-refractivity contribution in [1.29, 1.82) is 0 Å². The number of carbonyl (C=O) groups is 2. The van der Waals surface area contributed by atoms with Crippen LogP contribution in [0.4, 0.5) is 0 Å². The van der Waals surface area contributed by atoms with E-state index >= 15 is 0 Å². The second-order valence-electron chi connectivity index (χ2n) is 7.48. The van der Waals surface area contributed by atoms with Crippen LogP contribution in [0.25, 0.3) is 10.2 Å². The summed E-state index contributed by atoms with van der Waals surface area (Å²) in [5.41, 5.74) is 1.08. The Morgan fingerprint density at radius 2 is 1.85 bits per heavy atom. The standard InChI is InChI=1S/C20H26N4O2S/c1-15(25)23-9-11-24(12-10-23)19(26)14-22-8-4-5-16(13-22)20-21-17-6-2-3-7-18(17)27-20/h2-3,6-7,16H,4-5,8-14H2,1H3/t16-/m0/s1. The van der Waals surface area contributed by atoms with Crippen LogP contribution < -0.4 is 0 Å². The van der Waals surface area contributed by atoms with Gasteiger partial charge in [0.05, 0.1) is 21.8 Å². The zero-order chi connectivity index (χ0) is 18.8. The van der Waals surface area contributed by atoms with Crippen molar-refractivity contribution in [2.45, 2.75) is 25.7 Å². The Kier molecular flexibility index (Phi) is 5.41. The molecule has 1 aromatic heterocycles. The number of fused-ring (bicyclic) bond motifs is 1. The molecule has 144 valence electrons. The Labute approximate surface area is 163 Å². The van der Waals surface area contributed by atoms with Crippen LogP contribution in [0.5, 0.6) is 0 Å². The van der Waals surface area contributed by atoms with E-state index in [1.165, 1.54) is 9.71 Å². The van der Waals surface area contributed by atoms with Crippen LogP contribution in [0.1, 0.15) is 30.7 Å². The predicted molar refractivity (Wildman–Crippen MR) is 107 cm³/mol. The van der Waals surface area contributed by atoms with Crippen LogP contribution in [-0.4, -0.2) is 77.3 Å². The van der Waals surface area contributed by atoms with Crippen molar-refractivity contribution in [2.75, 3.05) is 45.8 Å². The second kappa shape index (κ2) is 7.94. The van der Waals surface area contributed by atoms with Gasteiger partial charge >= 0.3 is 0 Å². The van der Waals surface area contributed by atoms with Gasteiger partial charge < -0.3 is 9.80 Å². The van der Waals surface area contributed by atoms with Gasteiger partial charge in [-0.05, 0) is 31.5 Å². The summed E-state index contributed by atoms with van der Waals surface area (Å²) in [7, 11) is 0. The second-order valence-corrected chi connectivity index (χ2v) is 8.54. The van der Waals surface area contributed by atoms with Crippen LogP contribution >= 0.6 is 11.3 Å². The summed E-state index contributed by atoms with van der Waals surface area (Å²) in [4.78, 5) is 34.9. The van der Waals surface area contributed by atoms with E-state index in [0.717, 1.165) is 31.4 Å². The van der Waals surface area contributed by atoms with E-state index in [4.69, 9.17) is 4.98 Å². The molecule has 1 atom stereocenters. The van der Waals surface area contributed by atoms with Crippen LogP contribution in [0.3, 0.4) is 0 Å². The first kappa shape index (κ1) is 18.4. The highest BCUT2D eigenvalue weighted by atomic mass is 32.1. The number of hydrogen-bond donors (Lipinski definition) is 0. The number of piperazine rings is 1. The summed E-state index contributed by atoms with van der Waals surface area (Å²) in [6.07, 6.45) is 2.24. The molecular formula is C20H26N4O2S. The molecule has 2 aliphatic heterocycles. The van der Waals surface area contributed by atoms with E-state index < -0.39 is 0 Å². The molecule has 0 N–H and O–H groups in total. The number of nitrogens with zero attached hydrogens (tertiary/aromatic N) is 4. The van der Waals surface area contributed by atoms with E-state index in [0.29, 0.717) is 38.6 Å². The maximum Gasteiger partial charge on any atom is 0.236 e. The van der Waals surface area contributed by atoms with E-state index in [1.54, 1.807) is 18.3 Å². The molecule has 4 rings (SSSR count). The monoisotopic (exact) mass is 386 g/mol. The lowest BCUT2D eigenvalue weighted by molar-refractivity contribution is -0.139. The van der Waals surface area contributed by atoms with Gasteiger partial charge in [-0.1, -0.05) is 12.1 Å². The molecule has 27 heavy (non-hydrogen) atoms. The Balaban J connectivity index is 1.34. The molecule has 0 spiro atoms. The van der Waals surface area contributed by atoms with Gasteiger partial charge in [0.1, 0.15) is 0 Å². The molecule has 7 heteroatoms. The lowest BCUT2D eigenvalue weighted by Gasteiger charge is -2.37. The number of carbonyl (C=O) groups excluding carboxylic acids is 2. The summed E-state index contributed by atoms with van der Waals surface area (Å²) in [6.45, 7) is 6.53. The first-order chi connectivity index (χ1) is 13.1. The van der Waals surface area contributed by atoms with Gasteiger partial charge in [-0.2, -0.15) is 0 Å². The lowest BCUT2D eigenvalue weighted by Crippen LogP contribution is -2.52. The Bertz CT molecular complexity index is 795. The third kappa shape index (κ3) is 4.14. The number of amides is 2. The molecule has 0 unspecified atom stereocenters. The number of piperidine rings is 1. The number of para-hydroxylation sites is 1. The Morgan fingerprint density at radius 1 is 1.11 bits per heavy atom. The molecule has 0 bridgehead atoms. The summed E-state index contributed by atoms with van der Waals surface area (Å²) < 4.78 is 1.24. The molecule has 2 saturated heterocycles. The SMILES string of the molecule is CC(=O)N1CCN(C(=O)CN2CCC[C@H](c3nc4ccccc4s3)C2)CC1. The van der Waals surface area contributed by atoms with Crippen LogP contribution in [0.2, 0.25) is 0 Å². The minimum absolute atomic E-state index is 0.0943. The van der Waals surface area contributed by atoms with Crippen molar-refractivity contribution in [3.8, 4) is 0 Å². The number of rotatable bonds is 3. The van der Waals surface area contributed by atoms with Crippen molar-refractivity contribution in [2.24, 2.45) is 0 Å². The summed E-state index contributed by atoms with van der Waals surface area (Å²) in [5, 5.41) is 1.20. The fourth-order valence-corrected chi connectivity index (χ4v) is 5.12. The fourth-order valence-electron chi connectivity index (χ4n) is 4.03. The molecule has 0 radical (unpaired) electrons. The number of hydrogen-bond acceptors (Lipinski definition) is 5. The molecule has 1 aromatic carbocycles. The fraction of sp³-hybridized carbons (Fsp3) is 0.550. The van der Waals surface area contributed by atoms with Crippen LogP contribution in [0, 0.1) is 0 Å². The first-order valence-corrected chi connectivity index (χ1v) is 10.5. The van der Waals surface area contributed by atoms with Crippen molar-refractivity contribution in [1.82, 2.24) is 19.7 Å². The molecule has 2 aliphatic rings. The number of likely N-dealkylation sites (tertiary alicyclic amines) is 1. The largest absolute Gasteiger partial charge is 0.339 e. The van der Waals surface area contributed by atoms with Crippen LogP contribution in [-0.2, 0) is 9.59 Å². The Hall–Kier alpha value is -1.99. The van der Waals surface area contributed by atoms with Gasteiger partial charge in [0.2, 0.25) is 11.8 Å². The highest BCUT2D eigenvalue weighted by molar-refractivity contribution is 7.18. The normalized spacial score (nSPS) is 21.6. The van der Waals surface area contributed by atoms with Crippen molar-refractivity contribution < 1.29 is 9.59 Å². The lowest BCUT2D eigenvalue weighted by atomic mass is 9.98. The number of thiazole rings is 1. The van der Waals surface area contributed by atoms with Crippen molar-refractivity contribution in [3.63, 3.8) is 0 Å². The zero-order valence-corrected chi connectivity index (χ0v) is 16.6. The highest BCUT2D eigenvalue weighted by Crippen LogP contribution is 2.32. The quantitative estimate of drug-likeness (QED) is 0.811. The first-order valence-electron chi connectivity index (χ1n) is 9.71. The molecule has 6 nitrogen and oxygen atoms in total. The predicted octanol–water partition coefficient (Wildman–Crippen LogP) is 2.17. The van der Waals surface area contributed by atoms with E-state index in [1.807, 2.05) is 15.9 Å². The summed E-state index contributed by atoms with van der Waals surface area (Å²) >= 11 is 1.79. The molecule has 2 fully saturated rings. The molecular weight excluding hydrogens is 360 g/mol. The molecule has 2 amide bonds. The summed E-state index contributed by atoms with van der Waals surface area (Å²) in [6, 6.07) is 8.28. The van der Waals surface area contributed by atoms with Gasteiger partial charge in [-0.15, -0.1) is 11.3 Å². The van der Waals surface area contributed by atoms with Gasteiger partial charge in [0.25, 0.3) is 0 Å². The van der Waals surface area contributed by atoms with Gasteiger partial charge in [-0.3, -0.25) is 14.5 Å². The maximum absolute atomic E-state index is 12.7. The molecule has 2 aromatic rings. The van der Waals surface area contributed by atoms with E-state index in [-0.39, 0.29) is 11.8 Å². The molecule has 0 aliphatic carbocycles. The average molecular weight is 387 g/mol. The third-order valence-corrected chi connectivity index (χ3v) is 6.80. The number of aromatic nitrogens is 1. The smallest absolute Gasteiger partial charge is 0.236 e. The van der Waals surface area contributed by atoms with Gasteiger partial charge in [0, 0.05) is 45.6 Å². The highest BCUT2D eigenvalue weighted by Gasteiger charge is 2.28. The van der Waals surface area contributed by atoms with Gasteiger partial charge in [0.15, 0.2) is 0 Å². The minimum atomic E-state index is 0.0943. The summed E-state index contributed by atoms with van der Waals surface area (Å²) in [5.74, 6) is 0.693. The van der Waals surface area contributed by atoms with Crippen LogP contribution in [0.15, 0.2) is 24.3 Å². The van der Waals surface area contributed by atoms with Gasteiger partial charge in [-0.25, -0.2) is 4.98 Å². The zero-order valence-electron chi connectivity index (χ0n) is 15.8. The van der Waals surface area contributed by atoms with E-state index in [9.17, 15) is 9.59 Å². The topological polar surface area (TPSA) is 56.8 Å². The van der Waals surface area contributed by atoms with Crippen molar-refractivity contribution in [3.05, 3.63) is 29.3 Å². The minimum Gasteiger partial charge on any atom is -0.339 e. The maximum atomic E-state index is 12.7.